The van der Waals surface area contributed by atoms with Crippen LogP contribution in [0.25, 0.3) is 0 Å². The molecule has 0 saturated carbocycles. The lowest BCUT2D eigenvalue weighted by Gasteiger charge is -2.17. The van der Waals surface area contributed by atoms with E-state index in [1.54, 1.807) is 18.2 Å². The highest BCUT2D eigenvalue weighted by Gasteiger charge is 2.34. The zero-order valence-electron chi connectivity index (χ0n) is 10.8. The lowest BCUT2D eigenvalue weighted by molar-refractivity contribution is 0.208. The van der Waals surface area contributed by atoms with Crippen molar-refractivity contribution in [3.8, 4) is 5.88 Å². The van der Waals surface area contributed by atoms with Crippen molar-refractivity contribution in [2.24, 2.45) is 0 Å². The second-order valence-electron chi connectivity index (χ2n) is 4.57. The lowest BCUT2D eigenvalue weighted by Crippen LogP contribution is -2.31. The Morgan fingerprint density at radius 2 is 2.19 bits per heavy atom. The number of hydrogen-bond acceptors (Lipinski definition) is 6. The normalized spacial score (nSPS) is 19.8. The van der Waals surface area contributed by atoms with Crippen LogP contribution in [0.2, 0.25) is 5.02 Å². The van der Waals surface area contributed by atoms with Gasteiger partial charge < -0.3 is 4.74 Å². The molecule has 2 aromatic rings. The molecule has 3 rings (SSSR count). The smallest absolute Gasteiger partial charge is 0.246 e. The first-order valence-electron chi connectivity index (χ1n) is 6.26. The predicted molar refractivity (Wildman–Crippen MR) is 79.2 cm³/mol. The predicted octanol–water partition coefficient (Wildman–Crippen LogP) is 2.03. The Hall–Kier alpha value is -1.22. The SMILES string of the molecule is O=S(=O)(c1ccccc1Cl)N1CCC(Oc2cnsn2)C1. The quantitative estimate of drug-likeness (QED) is 0.847. The van der Waals surface area contributed by atoms with Crippen LogP contribution in [0.4, 0.5) is 0 Å². The van der Waals surface area contributed by atoms with Gasteiger partial charge in [0.1, 0.15) is 17.2 Å². The maximum absolute atomic E-state index is 12.6. The fraction of sp³-hybridized carbons (Fsp3) is 0.333. The van der Waals surface area contributed by atoms with Gasteiger partial charge in [-0.1, -0.05) is 23.7 Å². The molecular weight excluding hydrogens is 334 g/mol. The molecule has 1 aromatic heterocycles. The van der Waals surface area contributed by atoms with Crippen LogP contribution in [-0.4, -0.2) is 40.7 Å². The van der Waals surface area contributed by atoms with Crippen LogP contribution >= 0.6 is 23.3 Å². The molecule has 0 radical (unpaired) electrons. The van der Waals surface area contributed by atoms with Crippen molar-refractivity contribution in [2.75, 3.05) is 13.1 Å². The average molecular weight is 346 g/mol. The fourth-order valence-electron chi connectivity index (χ4n) is 2.18. The second kappa shape index (κ2) is 5.88. The molecule has 21 heavy (non-hydrogen) atoms. The largest absolute Gasteiger partial charge is 0.471 e. The summed E-state index contributed by atoms with van der Waals surface area (Å²) in [7, 11) is -3.59. The van der Waals surface area contributed by atoms with E-state index in [9.17, 15) is 8.42 Å². The zero-order valence-corrected chi connectivity index (χ0v) is 13.2. The van der Waals surface area contributed by atoms with Gasteiger partial charge in [0.2, 0.25) is 15.9 Å². The van der Waals surface area contributed by atoms with E-state index in [-0.39, 0.29) is 22.6 Å². The van der Waals surface area contributed by atoms with E-state index in [1.807, 2.05) is 0 Å². The summed E-state index contributed by atoms with van der Waals surface area (Å²) in [5, 5.41) is 0.227. The Morgan fingerprint density at radius 1 is 1.38 bits per heavy atom. The fourth-order valence-corrected chi connectivity index (χ4v) is 4.52. The standard InChI is InChI=1S/C12H12ClN3O3S2/c13-10-3-1-2-4-11(10)21(17,18)16-6-5-9(8-16)19-12-7-14-20-15-12/h1-4,7,9H,5-6,8H2. The van der Waals surface area contributed by atoms with Crippen LogP contribution in [0, 0.1) is 0 Å². The number of sulfonamides is 1. The van der Waals surface area contributed by atoms with Crippen LogP contribution in [0.15, 0.2) is 35.4 Å². The maximum Gasteiger partial charge on any atom is 0.246 e. The Labute approximate surface area is 131 Å². The molecular formula is C12H12ClN3O3S2. The number of aromatic nitrogens is 2. The van der Waals surface area contributed by atoms with Crippen LogP contribution in [0.1, 0.15) is 6.42 Å². The van der Waals surface area contributed by atoms with Gasteiger partial charge in [0.25, 0.3) is 0 Å². The van der Waals surface area contributed by atoms with E-state index < -0.39 is 10.0 Å². The number of halogens is 1. The second-order valence-corrected chi connectivity index (χ2v) is 7.44. The van der Waals surface area contributed by atoms with E-state index in [1.165, 1.54) is 16.6 Å². The first-order valence-corrected chi connectivity index (χ1v) is 8.81. The third-order valence-corrected chi connectivity index (χ3v) is 6.02. The lowest BCUT2D eigenvalue weighted by atomic mass is 10.3. The van der Waals surface area contributed by atoms with Crippen molar-refractivity contribution in [2.45, 2.75) is 17.4 Å². The summed E-state index contributed by atoms with van der Waals surface area (Å²) < 4.78 is 39.9. The molecule has 0 amide bonds. The van der Waals surface area contributed by atoms with Crippen molar-refractivity contribution in [3.05, 3.63) is 35.5 Å². The van der Waals surface area contributed by atoms with E-state index in [2.05, 4.69) is 8.75 Å². The molecule has 1 saturated heterocycles. The highest BCUT2D eigenvalue weighted by atomic mass is 35.5. The Kier molecular flexibility index (Phi) is 4.12. The summed E-state index contributed by atoms with van der Waals surface area (Å²) in [6.07, 6.45) is 1.92. The Morgan fingerprint density at radius 3 is 2.90 bits per heavy atom. The molecule has 1 unspecified atom stereocenters. The van der Waals surface area contributed by atoms with E-state index in [4.69, 9.17) is 16.3 Å². The third-order valence-electron chi connectivity index (χ3n) is 3.19. The van der Waals surface area contributed by atoms with Gasteiger partial charge in [-0.05, 0) is 18.6 Å². The Balaban J connectivity index is 1.75. The minimum atomic E-state index is -3.59. The molecule has 112 valence electrons. The highest BCUT2D eigenvalue weighted by Crippen LogP contribution is 2.27. The molecule has 0 spiro atoms. The molecule has 0 N–H and O–H groups in total. The monoisotopic (exact) mass is 345 g/mol. The van der Waals surface area contributed by atoms with Crippen molar-refractivity contribution in [1.29, 1.82) is 0 Å². The van der Waals surface area contributed by atoms with Crippen molar-refractivity contribution >= 4 is 33.4 Å². The van der Waals surface area contributed by atoms with Crippen molar-refractivity contribution < 1.29 is 13.2 Å². The molecule has 9 heteroatoms. The van der Waals surface area contributed by atoms with Gasteiger partial charge in [-0.3, -0.25) is 0 Å². The van der Waals surface area contributed by atoms with Crippen LogP contribution in [-0.2, 0) is 10.0 Å². The molecule has 1 atom stereocenters. The third kappa shape index (κ3) is 3.03. The molecule has 0 bridgehead atoms. The first-order chi connectivity index (χ1) is 10.1. The Bertz CT molecular complexity index is 721. The van der Waals surface area contributed by atoms with Crippen LogP contribution in [0.3, 0.4) is 0 Å². The number of rotatable bonds is 4. The molecule has 1 aromatic carbocycles. The minimum Gasteiger partial charge on any atom is -0.471 e. The van der Waals surface area contributed by atoms with Crippen LogP contribution in [0.5, 0.6) is 5.88 Å². The van der Waals surface area contributed by atoms with Gasteiger partial charge in [-0.15, -0.1) is 4.37 Å². The minimum absolute atomic E-state index is 0.127. The summed E-state index contributed by atoms with van der Waals surface area (Å²) in [4.78, 5) is 0.127. The van der Waals surface area contributed by atoms with E-state index in [0.717, 1.165) is 11.7 Å². The molecule has 1 aliphatic heterocycles. The maximum atomic E-state index is 12.6. The molecule has 2 heterocycles. The average Bonchev–Trinajstić information content (AvgIpc) is 3.11. The topological polar surface area (TPSA) is 72.4 Å². The highest BCUT2D eigenvalue weighted by molar-refractivity contribution is 7.89. The van der Waals surface area contributed by atoms with Crippen molar-refractivity contribution in [3.63, 3.8) is 0 Å². The summed E-state index contributed by atoms with van der Waals surface area (Å²) in [6, 6.07) is 6.44. The summed E-state index contributed by atoms with van der Waals surface area (Å²) in [6.45, 7) is 0.681. The molecule has 6 nitrogen and oxygen atoms in total. The van der Waals surface area contributed by atoms with Crippen LogP contribution < -0.4 is 4.74 Å². The summed E-state index contributed by atoms with van der Waals surface area (Å²) in [5.41, 5.74) is 0. The van der Waals surface area contributed by atoms with Gasteiger partial charge in [0, 0.05) is 6.54 Å². The summed E-state index contributed by atoms with van der Waals surface area (Å²) >= 11 is 7.04. The number of hydrogen-bond donors (Lipinski definition) is 0. The van der Waals surface area contributed by atoms with Gasteiger partial charge in [-0.2, -0.15) is 8.68 Å². The number of ether oxygens (including phenoxy) is 1. The van der Waals surface area contributed by atoms with Gasteiger partial charge in [0.05, 0.1) is 23.3 Å². The van der Waals surface area contributed by atoms with Gasteiger partial charge in [-0.25, -0.2) is 8.42 Å². The molecule has 0 aliphatic carbocycles. The first kappa shape index (κ1) is 14.7. The summed E-state index contributed by atoms with van der Waals surface area (Å²) in [5.74, 6) is 0.432. The molecule has 1 aliphatic rings. The van der Waals surface area contributed by atoms with E-state index >= 15 is 0 Å². The van der Waals surface area contributed by atoms with Gasteiger partial charge in [0.15, 0.2) is 0 Å². The number of nitrogens with zero attached hydrogens (tertiary/aromatic N) is 3. The van der Waals surface area contributed by atoms with Crippen molar-refractivity contribution in [1.82, 2.24) is 13.1 Å². The van der Waals surface area contributed by atoms with E-state index in [0.29, 0.717) is 18.8 Å². The van der Waals surface area contributed by atoms with Gasteiger partial charge >= 0.3 is 0 Å². The molecule has 1 fully saturated rings. The number of benzene rings is 1. The zero-order chi connectivity index (χ0) is 14.9.